The number of aliphatic carboxylic acids is 1. The van der Waals surface area contributed by atoms with Crippen LogP contribution in [0.5, 0.6) is 5.75 Å². The Bertz CT molecular complexity index is 983. The maximum absolute atomic E-state index is 12.9. The van der Waals surface area contributed by atoms with Gasteiger partial charge in [0.05, 0.1) is 10.6 Å². The molecule has 1 fully saturated rings. The summed E-state index contributed by atoms with van der Waals surface area (Å²) in [6.45, 7) is 3.56. The van der Waals surface area contributed by atoms with Gasteiger partial charge in [0.25, 0.3) is 11.1 Å². The first-order chi connectivity index (χ1) is 14.4. The molecule has 1 unspecified atom stereocenters. The van der Waals surface area contributed by atoms with Crippen LogP contribution in [-0.2, 0) is 16.0 Å². The Labute approximate surface area is 179 Å². The second-order valence-electron chi connectivity index (χ2n) is 6.92. The normalized spacial score (nSPS) is 16.2. The van der Waals surface area contributed by atoms with Crippen molar-refractivity contribution >= 4 is 40.6 Å². The number of hydrogen-bond donors (Lipinski definition) is 1. The average molecular weight is 426 g/mol. The van der Waals surface area contributed by atoms with Gasteiger partial charge < -0.3 is 9.84 Å². The van der Waals surface area contributed by atoms with Crippen LogP contribution in [0.1, 0.15) is 37.8 Å². The van der Waals surface area contributed by atoms with E-state index < -0.39 is 18.0 Å². The maximum Gasteiger partial charge on any atom is 0.344 e. The van der Waals surface area contributed by atoms with Crippen molar-refractivity contribution < 1.29 is 24.2 Å². The number of carboxylic acids is 1. The summed E-state index contributed by atoms with van der Waals surface area (Å²) in [5, 5.41) is 8.70. The van der Waals surface area contributed by atoms with Gasteiger partial charge in [0, 0.05) is 5.56 Å². The molecule has 0 saturated carbocycles. The van der Waals surface area contributed by atoms with Gasteiger partial charge in [0.15, 0.2) is 6.10 Å². The number of carbonyl (C=O) groups is 3. The molecule has 0 aliphatic carbocycles. The molecule has 0 spiro atoms. The van der Waals surface area contributed by atoms with Gasteiger partial charge in [-0.1, -0.05) is 43.7 Å². The Kier molecular flexibility index (Phi) is 6.95. The summed E-state index contributed by atoms with van der Waals surface area (Å²) < 4.78 is 5.47. The Hall–Kier alpha value is -3.06. The van der Waals surface area contributed by atoms with Crippen LogP contribution in [0.15, 0.2) is 53.4 Å². The first-order valence-corrected chi connectivity index (χ1v) is 10.6. The summed E-state index contributed by atoms with van der Waals surface area (Å²) >= 11 is 0.850. The Morgan fingerprint density at radius 3 is 2.53 bits per heavy atom. The summed E-state index contributed by atoms with van der Waals surface area (Å²) in [4.78, 5) is 37.9. The van der Waals surface area contributed by atoms with E-state index >= 15 is 0 Å². The molecule has 1 aliphatic heterocycles. The van der Waals surface area contributed by atoms with Crippen molar-refractivity contribution in [3.8, 4) is 5.75 Å². The van der Waals surface area contributed by atoms with Crippen molar-refractivity contribution in [2.75, 3.05) is 4.90 Å². The second kappa shape index (κ2) is 9.63. The molecule has 2 amide bonds. The third-order valence-electron chi connectivity index (χ3n) is 4.66. The van der Waals surface area contributed by atoms with Crippen LogP contribution in [0.25, 0.3) is 6.08 Å². The lowest BCUT2D eigenvalue weighted by atomic mass is 10.1. The van der Waals surface area contributed by atoms with Gasteiger partial charge in [0.2, 0.25) is 0 Å². The van der Waals surface area contributed by atoms with Crippen molar-refractivity contribution in [3.63, 3.8) is 0 Å². The fourth-order valence-corrected chi connectivity index (χ4v) is 3.80. The number of rotatable bonds is 8. The van der Waals surface area contributed by atoms with Crippen LogP contribution < -0.4 is 9.64 Å². The van der Waals surface area contributed by atoms with Crippen LogP contribution in [-0.4, -0.2) is 28.3 Å². The molecule has 2 aromatic rings. The van der Waals surface area contributed by atoms with E-state index in [0.717, 1.165) is 35.9 Å². The highest BCUT2D eigenvalue weighted by molar-refractivity contribution is 8.19. The van der Waals surface area contributed by atoms with E-state index in [-0.39, 0.29) is 10.1 Å². The summed E-state index contributed by atoms with van der Waals surface area (Å²) in [6.07, 6.45) is 3.67. The second-order valence-corrected chi connectivity index (χ2v) is 7.92. The number of benzene rings is 2. The van der Waals surface area contributed by atoms with Gasteiger partial charge in [-0.05, 0) is 61.4 Å². The van der Waals surface area contributed by atoms with E-state index in [1.807, 2.05) is 12.1 Å². The molecule has 0 bridgehead atoms. The lowest BCUT2D eigenvalue weighted by Gasteiger charge is -2.14. The molecule has 1 aliphatic rings. The minimum atomic E-state index is -1.09. The number of carboxylic acid groups (broad SMARTS) is 1. The van der Waals surface area contributed by atoms with Crippen LogP contribution >= 0.6 is 11.8 Å². The third-order valence-corrected chi connectivity index (χ3v) is 5.53. The number of carbonyl (C=O) groups excluding carboxylic acids is 2. The molecule has 6 nitrogen and oxygen atoms in total. The molecule has 7 heteroatoms. The molecular weight excluding hydrogens is 402 g/mol. The molecule has 1 saturated heterocycles. The van der Waals surface area contributed by atoms with E-state index in [1.165, 1.54) is 12.5 Å². The molecule has 2 aromatic carbocycles. The molecule has 1 N–H and O–H groups in total. The lowest BCUT2D eigenvalue weighted by molar-refractivity contribution is -0.144. The van der Waals surface area contributed by atoms with Crippen molar-refractivity contribution in [1.29, 1.82) is 0 Å². The number of ether oxygens (including phenoxy) is 1. The van der Waals surface area contributed by atoms with Crippen molar-refractivity contribution in [3.05, 3.63) is 64.6 Å². The SMILES string of the molecule is CCCCc1ccc(N2C(=O)S/C(=C/c3ccccc3OC(C)C(=O)O)C2=O)cc1. The van der Waals surface area contributed by atoms with Gasteiger partial charge in [-0.3, -0.25) is 9.59 Å². The molecule has 1 atom stereocenters. The number of aryl methyl sites for hydroxylation is 1. The largest absolute Gasteiger partial charge is 0.479 e. The van der Waals surface area contributed by atoms with Gasteiger partial charge in [0.1, 0.15) is 5.75 Å². The number of unbranched alkanes of at least 4 members (excludes halogenated alkanes) is 1. The molecule has 1 heterocycles. The third kappa shape index (κ3) is 4.91. The highest BCUT2D eigenvalue weighted by Gasteiger charge is 2.36. The predicted octanol–water partition coefficient (Wildman–Crippen LogP) is 5.12. The zero-order chi connectivity index (χ0) is 21.7. The predicted molar refractivity (Wildman–Crippen MR) is 118 cm³/mol. The van der Waals surface area contributed by atoms with Crippen LogP contribution in [0.4, 0.5) is 10.5 Å². The van der Waals surface area contributed by atoms with Crippen molar-refractivity contribution in [1.82, 2.24) is 0 Å². The minimum Gasteiger partial charge on any atom is -0.479 e. The highest BCUT2D eigenvalue weighted by atomic mass is 32.2. The van der Waals surface area contributed by atoms with Crippen LogP contribution in [0.3, 0.4) is 0 Å². The Morgan fingerprint density at radius 2 is 1.87 bits per heavy atom. The quantitative estimate of drug-likeness (QED) is 0.591. The number of nitrogens with zero attached hydrogens (tertiary/aromatic N) is 1. The van der Waals surface area contributed by atoms with Gasteiger partial charge in [-0.25, -0.2) is 9.69 Å². The van der Waals surface area contributed by atoms with E-state index in [9.17, 15) is 14.4 Å². The lowest BCUT2D eigenvalue weighted by Crippen LogP contribution is -2.27. The monoisotopic (exact) mass is 425 g/mol. The van der Waals surface area contributed by atoms with Crippen LogP contribution in [0, 0.1) is 0 Å². The van der Waals surface area contributed by atoms with Gasteiger partial charge >= 0.3 is 5.97 Å². The topological polar surface area (TPSA) is 83.9 Å². The molecule has 0 radical (unpaired) electrons. The van der Waals surface area contributed by atoms with E-state index in [4.69, 9.17) is 9.84 Å². The number of hydrogen-bond acceptors (Lipinski definition) is 5. The zero-order valence-electron chi connectivity index (χ0n) is 16.8. The van der Waals surface area contributed by atoms with Gasteiger partial charge in [-0.15, -0.1) is 0 Å². The summed E-state index contributed by atoms with van der Waals surface area (Å²) in [7, 11) is 0. The van der Waals surface area contributed by atoms with E-state index in [0.29, 0.717) is 17.0 Å². The summed E-state index contributed by atoms with van der Waals surface area (Å²) in [5.41, 5.74) is 2.23. The average Bonchev–Trinajstić information content (AvgIpc) is 3.01. The highest BCUT2D eigenvalue weighted by Crippen LogP contribution is 2.37. The van der Waals surface area contributed by atoms with Gasteiger partial charge in [-0.2, -0.15) is 0 Å². The first-order valence-electron chi connectivity index (χ1n) is 9.76. The van der Waals surface area contributed by atoms with Crippen LogP contribution in [0.2, 0.25) is 0 Å². The standard InChI is InChI=1S/C23H23NO5S/c1-3-4-7-16-10-12-18(13-11-16)24-21(25)20(30-23(24)28)14-17-8-5-6-9-19(17)29-15(2)22(26)27/h5-6,8-15H,3-4,7H2,1-2H3,(H,26,27)/b20-14+. The minimum absolute atomic E-state index is 0.258. The summed E-state index contributed by atoms with van der Waals surface area (Å²) in [6, 6.07) is 14.3. The number of imide groups is 1. The molecule has 30 heavy (non-hydrogen) atoms. The number of amides is 2. The first kappa shape index (κ1) is 21.6. The maximum atomic E-state index is 12.9. The Balaban J connectivity index is 1.83. The van der Waals surface area contributed by atoms with E-state index in [1.54, 1.807) is 42.5 Å². The molecule has 3 rings (SSSR count). The molecule has 156 valence electrons. The summed E-state index contributed by atoms with van der Waals surface area (Å²) in [5.74, 6) is -1.17. The smallest absolute Gasteiger partial charge is 0.344 e. The molecular formula is C23H23NO5S. The number of anilines is 1. The fraction of sp³-hybridized carbons (Fsp3) is 0.261. The molecule has 0 aromatic heterocycles. The fourth-order valence-electron chi connectivity index (χ4n) is 2.97. The number of thioether (sulfide) groups is 1. The van der Waals surface area contributed by atoms with Crippen molar-refractivity contribution in [2.24, 2.45) is 0 Å². The Morgan fingerprint density at radius 1 is 1.17 bits per heavy atom. The number of para-hydroxylation sites is 1. The van der Waals surface area contributed by atoms with E-state index in [2.05, 4.69) is 6.92 Å². The zero-order valence-corrected chi connectivity index (χ0v) is 17.6. The van der Waals surface area contributed by atoms with Crippen molar-refractivity contribution in [2.45, 2.75) is 39.2 Å².